The van der Waals surface area contributed by atoms with Gasteiger partial charge in [0.2, 0.25) is 0 Å². The number of carbonyl (C=O) groups excluding carboxylic acids is 2. The van der Waals surface area contributed by atoms with Crippen molar-refractivity contribution in [2.75, 3.05) is 26.2 Å². The molecule has 2 aliphatic rings. The molecule has 0 bridgehead atoms. The normalized spacial score (nSPS) is 18.2. The summed E-state index contributed by atoms with van der Waals surface area (Å²) >= 11 is 0. The summed E-state index contributed by atoms with van der Waals surface area (Å²) < 4.78 is 5.52. The predicted octanol–water partition coefficient (Wildman–Crippen LogP) is 3.68. The van der Waals surface area contributed by atoms with Crippen molar-refractivity contribution in [1.29, 1.82) is 0 Å². The van der Waals surface area contributed by atoms with Gasteiger partial charge in [-0.05, 0) is 36.6 Å². The number of nitrogens with one attached hydrogen (secondary N) is 1. The van der Waals surface area contributed by atoms with E-state index in [0.717, 1.165) is 23.4 Å². The zero-order valence-corrected chi connectivity index (χ0v) is 17.7. The molecule has 2 aliphatic heterocycles. The summed E-state index contributed by atoms with van der Waals surface area (Å²) in [6.07, 6.45) is 2.45. The van der Waals surface area contributed by atoms with E-state index in [1.54, 1.807) is 11.0 Å². The molecule has 160 valence electrons. The van der Waals surface area contributed by atoms with Crippen LogP contribution in [0.3, 0.4) is 0 Å². The van der Waals surface area contributed by atoms with Crippen molar-refractivity contribution in [2.45, 2.75) is 19.4 Å². The van der Waals surface area contributed by atoms with Gasteiger partial charge < -0.3 is 15.0 Å². The average molecular weight is 418 g/mol. The Hall–Kier alpha value is -3.54. The third kappa shape index (κ3) is 4.19. The van der Waals surface area contributed by atoms with Gasteiger partial charge in [-0.25, -0.2) is 4.79 Å². The molecule has 6 heteroatoms. The molecule has 3 amide bonds. The van der Waals surface area contributed by atoms with Gasteiger partial charge in [0.25, 0.3) is 5.91 Å². The molecule has 0 unspecified atom stereocenters. The summed E-state index contributed by atoms with van der Waals surface area (Å²) in [5, 5.41) is 3.01. The number of urea groups is 1. The smallest absolute Gasteiger partial charge is 0.322 e. The summed E-state index contributed by atoms with van der Waals surface area (Å²) in [6.45, 7) is 7.67. The van der Waals surface area contributed by atoms with Crippen molar-refractivity contribution in [3.63, 3.8) is 0 Å². The summed E-state index contributed by atoms with van der Waals surface area (Å²) in [5.74, 6) is 0.733. The molecule has 2 aromatic rings. The first-order chi connectivity index (χ1) is 15.1. The number of ether oxygens (including phenoxy) is 1. The number of carbonyl (C=O) groups is 2. The van der Waals surface area contributed by atoms with Crippen LogP contribution >= 0.6 is 0 Å². The molecule has 0 aliphatic carbocycles. The number of hydrogen-bond donors (Lipinski definition) is 1. The van der Waals surface area contributed by atoms with Gasteiger partial charge in [0.1, 0.15) is 5.75 Å². The molecule has 0 saturated heterocycles. The van der Waals surface area contributed by atoms with E-state index >= 15 is 0 Å². The Labute approximate surface area is 182 Å². The number of rotatable bonds is 8. The first kappa shape index (κ1) is 20.7. The maximum atomic E-state index is 13.4. The highest BCUT2D eigenvalue weighted by atomic mass is 16.5. The lowest BCUT2D eigenvalue weighted by Crippen LogP contribution is -2.47. The molecule has 1 atom stereocenters. The molecular weight excluding hydrogens is 390 g/mol. The topological polar surface area (TPSA) is 61.9 Å². The van der Waals surface area contributed by atoms with E-state index < -0.39 is 6.04 Å². The van der Waals surface area contributed by atoms with Crippen LogP contribution in [0.4, 0.5) is 4.79 Å². The maximum absolute atomic E-state index is 13.4. The van der Waals surface area contributed by atoms with Gasteiger partial charge in [-0.2, -0.15) is 0 Å². The standard InChI is InChI=1S/C25H27N3O3/c1-3-15-28-21-17-27(16-14-18-8-6-5-7-9-18)24(29)22(21)23(26-25(28)30)19-10-12-20(13-11-19)31-4-2/h3,5-13,23H,1,4,14-17H2,2H3,(H,26,30)/t23-/m1/s1. The van der Waals surface area contributed by atoms with Gasteiger partial charge in [-0.3, -0.25) is 9.69 Å². The Morgan fingerprint density at radius 2 is 1.87 bits per heavy atom. The molecular formula is C25H27N3O3. The largest absolute Gasteiger partial charge is 0.494 e. The minimum Gasteiger partial charge on any atom is -0.494 e. The quantitative estimate of drug-likeness (QED) is 0.667. The number of hydrogen-bond acceptors (Lipinski definition) is 3. The first-order valence-electron chi connectivity index (χ1n) is 10.6. The fourth-order valence-corrected chi connectivity index (χ4v) is 4.13. The highest BCUT2D eigenvalue weighted by Gasteiger charge is 2.43. The van der Waals surface area contributed by atoms with Gasteiger partial charge >= 0.3 is 6.03 Å². The molecule has 0 saturated carbocycles. The van der Waals surface area contributed by atoms with Crippen LogP contribution in [0.2, 0.25) is 0 Å². The summed E-state index contributed by atoms with van der Waals surface area (Å²) in [6, 6.07) is 17.0. The van der Waals surface area contributed by atoms with Crippen molar-refractivity contribution < 1.29 is 14.3 Å². The van der Waals surface area contributed by atoms with E-state index in [9.17, 15) is 9.59 Å². The Morgan fingerprint density at radius 1 is 1.13 bits per heavy atom. The van der Waals surface area contributed by atoms with Crippen LogP contribution in [0, 0.1) is 0 Å². The van der Waals surface area contributed by atoms with Gasteiger partial charge in [-0.1, -0.05) is 48.5 Å². The van der Waals surface area contributed by atoms with Crippen LogP contribution in [-0.4, -0.2) is 48.0 Å². The van der Waals surface area contributed by atoms with E-state index in [1.807, 2.05) is 54.3 Å². The fourth-order valence-electron chi connectivity index (χ4n) is 4.13. The van der Waals surface area contributed by atoms with Crippen LogP contribution in [0.5, 0.6) is 5.75 Å². The predicted molar refractivity (Wildman–Crippen MR) is 120 cm³/mol. The second kappa shape index (κ2) is 9.08. The van der Waals surface area contributed by atoms with Crippen molar-refractivity contribution >= 4 is 11.9 Å². The molecule has 0 spiro atoms. The highest BCUT2D eigenvalue weighted by molar-refractivity contribution is 6.01. The van der Waals surface area contributed by atoms with Crippen LogP contribution in [0.1, 0.15) is 24.1 Å². The average Bonchev–Trinajstić information content (AvgIpc) is 3.12. The number of benzene rings is 2. The van der Waals surface area contributed by atoms with E-state index in [2.05, 4.69) is 24.0 Å². The van der Waals surface area contributed by atoms with Gasteiger partial charge in [0.05, 0.1) is 30.5 Å². The van der Waals surface area contributed by atoms with Crippen molar-refractivity contribution in [2.24, 2.45) is 0 Å². The molecule has 1 N–H and O–H groups in total. The molecule has 2 heterocycles. The lowest BCUT2D eigenvalue weighted by atomic mass is 9.95. The highest BCUT2D eigenvalue weighted by Crippen LogP contribution is 2.36. The zero-order chi connectivity index (χ0) is 21.8. The monoisotopic (exact) mass is 417 g/mol. The molecule has 31 heavy (non-hydrogen) atoms. The third-order valence-electron chi connectivity index (χ3n) is 5.65. The fraction of sp³-hybridized carbons (Fsp3) is 0.280. The van der Waals surface area contributed by atoms with E-state index in [4.69, 9.17) is 4.74 Å². The van der Waals surface area contributed by atoms with Crippen molar-refractivity contribution in [3.05, 3.63) is 89.6 Å². The maximum Gasteiger partial charge on any atom is 0.322 e. The van der Waals surface area contributed by atoms with Crippen LogP contribution < -0.4 is 10.1 Å². The second-order valence-electron chi connectivity index (χ2n) is 7.61. The van der Waals surface area contributed by atoms with E-state index in [-0.39, 0.29) is 11.9 Å². The van der Waals surface area contributed by atoms with Crippen LogP contribution in [0.15, 0.2) is 78.5 Å². The van der Waals surface area contributed by atoms with Gasteiger partial charge in [-0.15, -0.1) is 6.58 Å². The van der Waals surface area contributed by atoms with Crippen molar-refractivity contribution in [1.82, 2.24) is 15.1 Å². The number of nitrogens with zero attached hydrogens (tertiary/aromatic N) is 2. The van der Waals surface area contributed by atoms with Crippen molar-refractivity contribution in [3.8, 4) is 5.75 Å². The summed E-state index contributed by atoms with van der Waals surface area (Å²) in [5.41, 5.74) is 3.44. The Bertz CT molecular complexity index is 998. The Morgan fingerprint density at radius 3 is 2.55 bits per heavy atom. The molecule has 0 aromatic heterocycles. The molecule has 4 rings (SSSR count). The lowest BCUT2D eigenvalue weighted by Gasteiger charge is -2.33. The SMILES string of the molecule is C=CCN1C(=O)N[C@H](c2ccc(OCC)cc2)C2=C1CN(CCc1ccccc1)C2=O. The molecule has 2 aromatic carbocycles. The molecule has 6 nitrogen and oxygen atoms in total. The van der Waals surface area contributed by atoms with Gasteiger partial charge in [0.15, 0.2) is 0 Å². The van der Waals surface area contributed by atoms with Crippen LogP contribution in [0.25, 0.3) is 0 Å². The third-order valence-corrected chi connectivity index (χ3v) is 5.65. The minimum absolute atomic E-state index is 0.0288. The minimum atomic E-state index is -0.478. The summed E-state index contributed by atoms with van der Waals surface area (Å²) in [4.78, 5) is 29.7. The second-order valence-corrected chi connectivity index (χ2v) is 7.61. The molecule has 0 fully saturated rings. The van der Waals surface area contributed by atoms with Crippen LogP contribution in [-0.2, 0) is 11.2 Å². The van der Waals surface area contributed by atoms with Gasteiger partial charge in [0, 0.05) is 13.1 Å². The Kier molecular flexibility index (Phi) is 6.07. The lowest BCUT2D eigenvalue weighted by molar-refractivity contribution is -0.125. The first-order valence-corrected chi connectivity index (χ1v) is 10.6. The zero-order valence-electron chi connectivity index (χ0n) is 17.7. The summed E-state index contributed by atoms with van der Waals surface area (Å²) in [7, 11) is 0. The van der Waals surface area contributed by atoms with E-state index in [0.29, 0.717) is 31.8 Å². The molecule has 0 radical (unpaired) electrons. The Balaban J connectivity index is 1.61. The van der Waals surface area contributed by atoms with E-state index in [1.165, 1.54) is 5.56 Å². The number of amides is 3.